The minimum atomic E-state index is -0.458. The van der Waals surface area contributed by atoms with Crippen LogP contribution >= 0.6 is 0 Å². The summed E-state index contributed by atoms with van der Waals surface area (Å²) in [6.07, 6.45) is 4.20. The quantitative estimate of drug-likeness (QED) is 0.847. The van der Waals surface area contributed by atoms with E-state index in [0.717, 1.165) is 12.8 Å². The Bertz CT molecular complexity index is 472. The molecule has 116 valence electrons. The number of rotatable bonds is 6. The first-order valence-electron chi connectivity index (χ1n) is 7.77. The Hall–Kier alpha value is -1.42. The van der Waals surface area contributed by atoms with Gasteiger partial charge >= 0.3 is 0 Å². The van der Waals surface area contributed by atoms with E-state index in [9.17, 15) is 14.3 Å². The van der Waals surface area contributed by atoms with Crippen molar-refractivity contribution < 1.29 is 14.3 Å². The third kappa shape index (κ3) is 4.53. The molecule has 0 aromatic heterocycles. The van der Waals surface area contributed by atoms with Gasteiger partial charge in [0.15, 0.2) is 0 Å². The van der Waals surface area contributed by atoms with Crippen molar-refractivity contribution in [2.75, 3.05) is 6.54 Å². The van der Waals surface area contributed by atoms with Gasteiger partial charge in [0, 0.05) is 13.0 Å². The van der Waals surface area contributed by atoms with Crippen LogP contribution in [0.25, 0.3) is 0 Å². The second kappa shape index (κ2) is 7.55. The van der Waals surface area contributed by atoms with Crippen LogP contribution in [-0.2, 0) is 4.79 Å². The summed E-state index contributed by atoms with van der Waals surface area (Å²) in [5.74, 6) is -0.268. The highest BCUT2D eigenvalue weighted by molar-refractivity contribution is 5.76. The maximum atomic E-state index is 13.6. The first-order valence-corrected chi connectivity index (χ1v) is 7.77. The molecule has 1 aromatic rings. The van der Waals surface area contributed by atoms with Crippen molar-refractivity contribution in [3.8, 4) is 0 Å². The highest BCUT2D eigenvalue weighted by Gasteiger charge is 2.23. The molecule has 1 amide bonds. The Morgan fingerprint density at radius 3 is 2.71 bits per heavy atom. The van der Waals surface area contributed by atoms with Crippen LogP contribution in [0.3, 0.4) is 0 Å². The number of hydrogen-bond acceptors (Lipinski definition) is 2. The van der Waals surface area contributed by atoms with Gasteiger partial charge in [0.25, 0.3) is 0 Å². The second-order valence-electron chi connectivity index (χ2n) is 6.04. The van der Waals surface area contributed by atoms with Gasteiger partial charge in [0.05, 0.1) is 6.10 Å². The van der Waals surface area contributed by atoms with E-state index in [2.05, 4.69) is 5.32 Å². The fraction of sp³-hybridized carbons (Fsp3) is 0.588. The van der Waals surface area contributed by atoms with E-state index >= 15 is 0 Å². The van der Waals surface area contributed by atoms with Gasteiger partial charge in [-0.25, -0.2) is 4.39 Å². The zero-order chi connectivity index (χ0) is 15.2. The third-order valence-electron chi connectivity index (χ3n) is 4.38. The van der Waals surface area contributed by atoms with Gasteiger partial charge in [0.1, 0.15) is 5.82 Å². The molecule has 1 aromatic carbocycles. The maximum Gasteiger partial charge on any atom is 0.220 e. The Balaban J connectivity index is 1.77. The molecule has 2 unspecified atom stereocenters. The molecule has 1 fully saturated rings. The van der Waals surface area contributed by atoms with Crippen LogP contribution in [0.2, 0.25) is 0 Å². The van der Waals surface area contributed by atoms with Crippen molar-refractivity contribution in [3.05, 3.63) is 35.6 Å². The molecule has 1 saturated carbocycles. The molecular formula is C17H24FNO2. The number of carbonyl (C=O) groups excluding carboxylic acids is 1. The summed E-state index contributed by atoms with van der Waals surface area (Å²) < 4.78 is 13.6. The van der Waals surface area contributed by atoms with Crippen molar-refractivity contribution in [2.24, 2.45) is 5.92 Å². The lowest BCUT2D eigenvalue weighted by Gasteiger charge is -2.19. The van der Waals surface area contributed by atoms with E-state index in [-0.39, 0.29) is 24.1 Å². The zero-order valence-electron chi connectivity index (χ0n) is 12.5. The molecule has 0 aliphatic heterocycles. The van der Waals surface area contributed by atoms with Gasteiger partial charge in [-0.1, -0.05) is 38.0 Å². The van der Waals surface area contributed by atoms with E-state index in [1.807, 2.05) is 6.92 Å². The van der Waals surface area contributed by atoms with E-state index in [0.29, 0.717) is 18.0 Å². The summed E-state index contributed by atoms with van der Waals surface area (Å²) in [4.78, 5) is 11.9. The number of aliphatic hydroxyl groups is 1. The van der Waals surface area contributed by atoms with Gasteiger partial charge in [-0.2, -0.15) is 0 Å². The lowest BCUT2D eigenvalue weighted by molar-refractivity contribution is -0.122. The molecule has 4 heteroatoms. The van der Waals surface area contributed by atoms with Gasteiger partial charge in [-0.15, -0.1) is 0 Å². The van der Waals surface area contributed by atoms with Crippen LogP contribution in [0, 0.1) is 11.7 Å². The maximum absolute atomic E-state index is 13.6. The van der Waals surface area contributed by atoms with Crippen LogP contribution in [0.4, 0.5) is 4.39 Å². The number of benzene rings is 1. The fourth-order valence-electron chi connectivity index (χ4n) is 3.06. The molecule has 0 spiro atoms. The summed E-state index contributed by atoms with van der Waals surface area (Å²) in [5, 5.41) is 12.8. The molecule has 0 radical (unpaired) electrons. The number of amides is 1. The number of hydrogen-bond donors (Lipinski definition) is 2. The van der Waals surface area contributed by atoms with Crippen molar-refractivity contribution in [1.29, 1.82) is 0 Å². The largest absolute Gasteiger partial charge is 0.391 e. The number of nitrogens with one attached hydrogen (secondary N) is 1. The Kier molecular flexibility index (Phi) is 5.74. The molecule has 2 rings (SSSR count). The summed E-state index contributed by atoms with van der Waals surface area (Å²) >= 11 is 0. The molecule has 21 heavy (non-hydrogen) atoms. The molecule has 1 aliphatic carbocycles. The molecule has 2 atom stereocenters. The molecule has 0 heterocycles. The summed E-state index contributed by atoms with van der Waals surface area (Å²) in [7, 11) is 0. The van der Waals surface area contributed by atoms with Crippen molar-refractivity contribution in [3.63, 3.8) is 0 Å². The molecule has 2 N–H and O–H groups in total. The summed E-state index contributed by atoms with van der Waals surface area (Å²) in [6, 6.07) is 6.54. The Morgan fingerprint density at radius 2 is 2.05 bits per heavy atom. The molecule has 1 aliphatic rings. The van der Waals surface area contributed by atoms with Gasteiger partial charge in [-0.05, 0) is 36.3 Å². The topological polar surface area (TPSA) is 49.3 Å². The summed E-state index contributed by atoms with van der Waals surface area (Å²) in [5.41, 5.74) is 0.559. The molecule has 0 bridgehead atoms. The second-order valence-corrected chi connectivity index (χ2v) is 6.04. The van der Waals surface area contributed by atoms with Gasteiger partial charge in [-0.3, -0.25) is 4.79 Å². The molecule has 3 nitrogen and oxygen atoms in total. The monoisotopic (exact) mass is 293 g/mol. The zero-order valence-corrected chi connectivity index (χ0v) is 12.5. The Labute approximate surface area is 125 Å². The predicted octanol–water partition coefficient (Wildman–Crippen LogP) is 2.99. The van der Waals surface area contributed by atoms with Crippen LogP contribution < -0.4 is 5.32 Å². The minimum absolute atomic E-state index is 0.136. The van der Waals surface area contributed by atoms with E-state index in [1.165, 1.54) is 18.9 Å². The van der Waals surface area contributed by atoms with Gasteiger partial charge in [0.2, 0.25) is 5.91 Å². The molecular weight excluding hydrogens is 269 g/mol. The first-order chi connectivity index (χ1) is 10.1. The van der Waals surface area contributed by atoms with Gasteiger partial charge < -0.3 is 10.4 Å². The SMILES string of the molecule is CC(CC(=O)NCC(O)C1CCCC1)c1ccccc1F. The van der Waals surface area contributed by atoms with Crippen LogP contribution in [0.5, 0.6) is 0 Å². The van der Waals surface area contributed by atoms with Crippen molar-refractivity contribution in [1.82, 2.24) is 5.32 Å². The average molecular weight is 293 g/mol. The number of carbonyl (C=O) groups is 1. The standard InChI is InChI=1S/C17H24FNO2/c1-12(14-8-4-5-9-15(14)18)10-17(21)19-11-16(20)13-6-2-3-7-13/h4-5,8-9,12-13,16,20H,2-3,6-7,10-11H2,1H3,(H,19,21). The van der Waals surface area contributed by atoms with E-state index < -0.39 is 6.10 Å². The van der Waals surface area contributed by atoms with Crippen LogP contribution in [-0.4, -0.2) is 23.7 Å². The lowest BCUT2D eigenvalue weighted by atomic mass is 9.96. The number of halogens is 1. The van der Waals surface area contributed by atoms with E-state index in [4.69, 9.17) is 0 Å². The first kappa shape index (κ1) is 16.0. The van der Waals surface area contributed by atoms with Crippen LogP contribution in [0.15, 0.2) is 24.3 Å². The fourth-order valence-corrected chi connectivity index (χ4v) is 3.06. The molecule has 0 saturated heterocycles. The highest BCUT2D eigenvalue weighted by Crippen LogP contribution is 2.27. The van der Waals surface area contributed by atoms with Crippen molar-refractivity contribution >= 4 is 5.91 Å². The third-order valence-corrected chi connectivity index (χ3v) is 4.38. The predicted molar refractivity (Wildman–Crippen MR) is 80.4 cm³/mol. The smallest absolute Gasteiger partial charge is 0.220 e. The lowest BCUT2D eigenvalue weighted by Crippen LogP contribution is -2.36. The average Bonchev–Trinajstić information content (AvgIpc) is 2.99. The van der Waals surface area contributed by atoms with E-state index in [1.54, 1.807) is 18.2 Å². The number of aliphatic hydroxyl groups excluding tert-OH is 1. The highest BCUT2D eigenvalue weighted by atomic mass is 19.1. The summed E-state index contributed by atoms with van der Waals surface area (Å²) in [6.45, 7) is 2.14. The van der Waals surface area contributed by atoms with Crippen molar-refractivity contribution in [2.45, 2.75) is 51.0 Å². The Morgan fingerprint density at radius 1 is 1.38 bits per heavy atom. The normalized spacial score (nSPS) is 18.4. The minimum Gasteiger partial charge on any atom is -0.391 e. The van der Waals surface area contributed by atoms with Crippen LogP contribution in [0.1, 0.15) is 50.5 Å².